The van der Waals surface area contributed by atoms with Gasteiger partial charge in [-0.3, -0.25) is 9.69 Å². The first kappa shape index (κ1) is 16.6. The summed E-state index contributed by atoms with van der Waals surface area (Å²) in [6.45, 7) is 2.25. The molecule has 5 nitrogen and oxygen atoms in total. The Hall–Kier alpha value is -1.80. The number of aliphatic carboxylic acids is 1. The van der Waals surface area contributed by atoms with E-state index in [9.17, 15) is 23.1 Å². The molecule has 1 N–H and O–H groups in total. The van der Waals surface area contributed by atoms with E-state index in [1.54, 1.807) is 4.90 Å². The molecule has 1 aromatic carbocycles. The van der Waals surface area contributed by atoms with Crippen LogP contribution in [0.15, 0.2) is 24.3 Å². The zero-order valence-electron chi connectivity index (χ0n) is 12.0. The van der Waals surface area contributed by atoms with E-state index in [0.29, 0.717) is 26.2 Å². The summed E-state index contributed by atoms with van der Waals surface area (Å²) >= 11 is 0. The second-order valence-electron chi connectivity index (χ2n) is 5.17. The molecule has 1 fully saturated rings. The maximum atomic E-state index is 12.5. The van der Waals surface area contributed by atoms with E-state index in [0.717, 1.165) is 6.07 Å². The number of carbonyl (C=O) groups is 1. The molecule has 8 heteroatoms. The molecule has 0 aliphatic carbocycles. The molecule has 1 atom stereocenters. The van der Waals surface area contributed by atoms with Crippen molar-refractivity contribution >= 4 is 5.97 Å². The van der Waals surface area contributed by atoms with Crippen LogP contribution in [-0.2, 0) is 4.79 Å². The van der Waals surface area contributed by atoms with Gasteiger partial charge in [-0.15, -0.1) is 13.2 Å². The van der Waals surface area contributed by atoms with Crippen molar-refractivity contribution < 1.29 is 27.8 Å². The van der Waals surface area contributed by atoms with E-state index in [-0.39, 0.29) is 5.56 Å². The number of nitrogens with zero attached hydrogens (tertiary/aromatic N) is 2. The van der Waals surface area contributed by atoms with Gasteiger partial charge in [0, 0.05) is 31.7 Å². The van der Waals surface area contributed by atoms with Crippen LogP contribution in [0, 0.1) is 0 Å². The number of rotatable bonds is 4. The number of carboxylic acid groups (broad SMARTS) is 1. The lowest BCUT2D eigenvalue weighted by Gasteiger charge is -2.36. The maximum absolute atomic E-state index is 12.5. The van der Waals surface area contributed by atoms with Crippen molar-refractivity contribution in [1.82, 2.24) is 9.80 Å². The van der Waals surface area contributed by atoms with Gasteiger partial charge >= 0.3 is 12.3 Å². The molecule has 1 aromatic rings. The molecule has 122 valence electrons. The van der Waals surface area contributed by atoms with Crippen molar-refractivity contribution in [2.24, 2.45) is 0 Å². The molecule has 2 rings (SSSR count). The lowest BCUT2D eigenvalue weighted by atomic mass is 10.0. The minimum atomic E-state index is -4.86. The number of ether oxygens (including phenoxy) is 1. The summed E-state index contributed by atoms with van der Waals surface area (Å²) in [4.78, 5) is 15.3. The van der Waals surface area contributed by atoms with Crippen molar-refractivity contribution in [3.05, 3.63) is 29.8 Å². The van der Waals surface area contributed by atoms with Gasteiger partial charge in [0.05, 0.1) is 0 Å². The predicted molar refractivity (Wildman–Crippen MR) is 72.6 cm³/mol. The van der Waals surface area contributed by atoms with Crippen molar-refractivity contribution in [1.29, 1.82) is 0 Å². The molecule has 0 aromatic heterocycles. The van der Waals surface area contributed by atoms with Gasteiger partial charge in [0.25, 0.3) is 0 Å². The Morgan fingerprint density at radius 1 is 1.23 bits per heavy atom. The topological polar surface area (TPSA) is 53.0 Å². The average molecular weight is 318 g/mol. The van der Waals surface area contributed by atoms with Gasteiger partial charge in [0.15, 0.2) is 0 Å². The Kier molecular flexibility index (Phi) is 4.92. The van der Waals surface area contributed by atoms with E-state index in [4.69, 9.17) is 0 Å². The van der Waals surface area contributed by atoms with Gasteiger partial charge in [-0.05, 0) is 13.1 Å². The van der Waals surface area contributed by atoms with Crippen molar-refractivity contribution in [3.8, 4) is 5.75 Å². The third kappa shape index (κ3) is 4.11. The monoisotopic (exact) mass is 318 g/mol. The van der Waals surface area contributed by atoms with Crippen LogP contribution in [0.1, 0.15) is 11.6 Å². The van der Waals surface area contributed by atoms with Crippen LogP contribution in [0.3, 0.4) is 0 Å². The molecule has 1 aliphatic rings. The van der Waals surface area contributed by atoms with E-state index < -0.39 is 24.1 Å². The number of para-hydroxylation sites is 1. The summed E-state index contributed by atoms with van der Waals surface area (Å²) < 4.78 is 41.4. The van der Waals surface area contributed by atoms with Gasteiger partial charge in [0.2, 0.25) is 0 Å². The van der Waals surface area contributed by atoms with E-state index in [1.807, 2.05) is 11.9 Å². The first-order chi connectivity index (χ1) is 10.3. The molecular weight excluding hydrogens is 301 g/mol. The highest BCUT2D eigenvalue weighted by molar-refractivity contribution is 5.76. The van der Waals surface area contributed by atoms with Crippen LogP contribution in [-0.4, -0.2) is 60.5 Å². The lowest BCUT2D eigenvalue weighted by Crippen LogP contribution is -2.47. The van der Waals surface area contributed by atoms with Gasteiger partial charge in [-0.25, -0.2) is 0 Å². The molecule has 1 heterocycles. The van der Waals surface area contributed by atoms with Gasteiger partial charge in [-0.1, -0.05) is 18.2 Å². The third-order valence-electron chi connectivity index (χ3n) is 3.58. The molecule has 0 bridgehead atoms. The average Bonchev–Trinajstić information content (AvgIpc) is 2.41. The molecule has 0 spiro atoms. The number of hydrogen-bond acceptors (Lipinski definition) is 4. The Labute approximate surface area is 125 Å². The summed E-state index contributed by atoms with van der Waals surface area (Å²) in [5, 5.41) is 9.48. The summed E-state index contributed by atoms with van der Waals surface area (Å²) in [6, 6.07) is 4.22. The molecule has 0 amide bonds. The minimum absolute atomic E-state index is 0.0110. The number of hydrogen-bond donors (Lipinski definition) is 1. The standard InChI is InChI=1S/C14H17F3N2O3/c1-18-6-8-19(9-7-18)12(13(20)21)10-4-2-3-5-11(10)22-14(15,16)17/h2-5,12H,6-9H2,1H3,(H,20,21). The smallest absolute Gasteiger partial charge is 0.480 e. The summed E-state index contributed by atoms with van der Waals surface area (Å²) in [5.74, 6) is -1.66. The molecule has 1 aliphatic heterocycles. The molecule has 1 saturated heterocycles. The second-order valence-corrected chi connectivity index (χ2v) is 5.17. The Morgan fingerprint density at radius 3 is 2.36 bits per heavy atom. The number of alkyl halides is 3. The van der Waals surface area contributed by atoms with Crippen molar-refractivity contribution in [3.63, 3.8) is 0 Å². The Balaban J connectivity index is 2.31. The number of piperazine rings is 1. The van der Waals surface area contributed by atoms with Gasteiger partial charge in [-0.2, -0.15) is 0 Å². The van der Waals surface area contributed by atoms with Crippen LogP contribution in [0.2, 0.25) is 0 Å². The highest BCUT2D eigenvalue weighted by atomic mass is 19.4. The van der Waals surface area contributed by atoms with Crippen LogP contribution in [0.4, 0.5) is 13.2 Å². The van der Waals surface area contributed by atoms with E-state index >= 15 is 0 Å². The largest absolute Gasteiger partial charge is 0.573 e. The quantitative estimate of drug-likeness (QED) is 0.920. The van der Waals surface area contributed by atoms with Crippen LogP contribution < -0.4 is 4.74 Å². The van der Waals surface area contributed by atoms with E-state index in [1.165, 1.54) is 18.2 Å². The zero-order valence-corrected chi connectivity index (χ0v) is 12.0. The Morgan fingerprint density at radius 2 is 1.82 bits per heavy atom. The van der Waals surface area contributed by atoms with E-state index in [2.05, 4.69) is 4.74 Å². The third-order valence-corrected chi connectivity index (χ3v) is 3.58. The first-order valence-corrected chi connectivity index (χ1v) is 6.78. The van der Waals surface area contributed by atoms with Crippen LogP contribution >= 0.6 is 0 Å². The van der Waals surface area contributed by atoms with Crippen LogP contribution in [0.25, 0.3) is 0 Å². The Bertz CT molecular complexity index is 528. The molecule has 1 unspecified atom stereocenters. The number of benzene rings is 1. The maximum Gasteiger partial charge on any atom is 0.573 e. The SMILES string of the molecule is CN1CCN(C(C(=O)O)c2ccccc2OC(F)(F)F)CC1. The second kappa shape index (κ2) is 6.53. The number of carboxylic acids is 1. The first-order valence-electron chi connectivity index (χ1n) is 6.78. The van der Waals surface area contributed by atoms with Gasteiger partial charge in [0.1, 0.15) is 11.8 Å². The summed E-state index contributed by atoms with van der Waals surface area (Å²) in [7, 11) is 1.91. The lowest BCUT2D eigenvalue weighted by molar-refractivity contribution is -0.275. The van der Waals surface area contributed by atoms with Crippen molar-refractivity contribution in [2.45, 2.75) is 12.4 Å². The van der Waals surface area contributed by atoms with Gasteiger partial charge < -0.3 is 14.7 Å². The minimum Gasteiger partial charge on any atom is -0.480 e. The fraction of sp³-hybridized carbons (Fsp3) is 0.500. The molecule has 0 saturated carbocycles. The van der Waals surface area contributed by atoms with Crippen LogP contribution in [0.5, 0.6) is 5.75 Å². The fourth-order valence-corrected chi connectivity index (χ4v) is 2.49. The zero-order chi connectivity index (χ0) is 16.3. The molecule has 22 heavy (non-hydrogen) atoms. The molecule has 0 radical (unpaired) electrons. The van der Waals surface area contributed by atoms with Crippen molar-refractivity contribution in [2.75, 3.05) is 33.2 Å². The summed E-state index contributed by atoms with van der Waals surface area (Å²) in [5.41, 5.74) is 0.0110. The number of halogens is 3. The highest BCUT2D eigenvalue weighted by Crippen LogP contribution is 2.33. The predicted octanol–water partition coefficient (Wildman–Crippen LogP) is 1.96. The highest BCUT2D eigenvalue weighted by Gasteiger charge is 2.36. The normalized spacial score (nSPS) is 18.9. The summed E-state index contributed by atoms with van der Waals surface area (Å²) in [6.07, 6.45) is -4.86. The fourth-order valence-electron chi connectivity index (χ4n) is 2.49. The molecular formula is C14H17F3N2O3. The number of likely N-dealkylation sites (N-methyl/N-ethyl adjacent to an activating group) is 1.